The van der Waals surface area contributed by atoms with Gasteiger partial charge < -0.3 is 9.73 Å². The average Bonchev–Trinajstić information content (AvgIpc) is 3.27. The second-order valence-corrected chi connectivity index (χ2v) is 9.68. The molecule has 0 spiro atoms. The van der Waals surface area contributed by atoms with Crippen LogP contribution < -0.4 is 10.0 Å². The van der Waals surface area contributed by atoms with Gasteiger partial charge in [0.2, 0.25) is 10.0 Å². The third kappa shape index (κ3) is 4.58. The fourth-order valence-electron chi connectivity index (χ4n) is 3.20. The Morgan fingerprint density at radius 2 is 1.97 bits per heavy atom. The van der Waals surface area contributed by atoms with Crippen LogP contribution in [0.15, 0.2) is 75.1 Å². The molecule has 0 radical (unpaired) electrons. The number of amides is 1. The first-order chi connectivity index (χ1) is 14.4. The van der Waals surface area contributed by atoms with Crippen LogP contribution in [-0.4, -0.2) is 20.1 Å². The van der Waals surface area contributed by atoms with Crippen LogP contribution in [0, 0.1) is 5.82 Å². The number of rotatable bonds is 6. The smallest absolute Gasteiger partial charge is 0.251 e. The number of nitrogens with one attached hydrogen (secondary N) is 2. The molecular weight excluding hydrogens is 427 g/mol. The summed E-state index contributed by atoms with van der Waals surface area (Å²) in [5.41, 5.74) is 1.09. The lowest BCUT2D eigenvalue weighted by Gasteiger charge is -2.26. The largest absolute Gasteiger partial charge is 0.468 e. The standard InChI is InChI=1S/C21H19FN2O4S2/c22-15-5-8-20-18(12-15)19(9-11-29-20)24-21(25)14-3-6-17(7-4-14)30(26,27)23-13-16-2-1-10-28-16/h1-8,10,12,19,23H,9,11,13H2,(H,24,25)/t19-/m1/s1. The Hall–Kier alpha value is -2.62. The molecule has 0 bridgehead atoms. The molecule has 0 unspecified atom stereocenters. The summed E-state index contributed by atoms with van der Waals surface area (Å²) in [4.78, 5) is 13.7. The van der Waals surface area contributed by atoms with E-state index in [1.54, 1.807) is 30.0 Å². The van der Waals surface area contributed by atoms with Gasteiger partial charge in [-0.1, -0.05) is 0 Å². The molecule has 1 aliphatic heterocycles. The number of sulfonamides is 1. The Balaban J connectivity index is 1.44. The van der Waals surface area contributed by atoms with Crippen molar-refractivity contribution in [2.24, 2.45) is 0 Å². The van der Waals surface area contributed by atoms with Crippen LogP contribution in [0.3, 0.4) is 0 Å². The topological polar surface area (TPSA) is 88.4 Å². The highest BCUT2D eigenvalue weighted by Crippen LogP contribution is 2.36. The molecule has 6 nitrogen and oxygen atoms in total. The first-order valence-electron chi connectivity index (χ1n) is 9.27. The van der Waals surface area contributed by atoms with Gasteiger partial charge in [-0.2, -0.15) is 0 Å². The zero-order valence-electron chi connectivity index (χ0n) is 15.8. The average molecular weight is 447 g/mol. The van der Waals surface area contributed by atoms with Crippen molar-refractivity contribution >= 4 is 27.7 Å². The monoisotopic (exact) mass is 446 g/mol. The molecule has 0 saturated heterocycles. The molecule has 1 atom stereocenters. The highest BCUT2D eigenvalue weighted by atomic mass is 32.2. The summed E-state index contributed by atoms with van der Waals surface area (Å²) >= 11 is 1.63. The number of thioether (sulfide) groups is 1. The van der Waals surface area contributed by atoms with Gasteiger partial charge in [0, 0.05) is 16.2 Å². The quantitative estimate of drug-likeness (QED) is 0.600. The van der Waals surface area contributed by atoms with Crippen LogP contribution in [0.1, 0.15) is 34.1 Å². The molecule has 2 N–H and O–H groups in total. The lowest BCUT2D eigenvalue weighted by atomic mass is 10.0. The maximum atomic E-state index is 13.6. The predicted octanol–water partition coefficient (Wildman–Crippen LogP) is 3.86. The summed E-state index contributed by atoms with van der Waals surface area (Å²) in [5.74, 6) is 0.640. The first kappa shape index (κ1) is 20.6. The molecule has 0 saturated carbocycles. The van der Waals surface area contributed by atoms with Gasteiger partial charge in [-0.05, 0) is 66.6 Å². The maximum Gasteiger partial charge on any atom is 0.251 e. The summed E-state index contributed by atoms with van der Waals surface area (Å²) in [5, 5.41) is 2.92. The molecule has 156 valence electrons. The highest BCUT2D eigenvalue weighted by Gasteiger charge is 2.24. The van der Waals surface area contributed by atoms with Crippen LogP contribution in [0.25, 0.3) is 0 Å². The van der Waals surface area contributed by atoms with Crippen LogP contribution in [0.4, 0.5) is 4.39 Å². The lowest BCUT2D eigenvalue weighted by Crippen LogP contribution is -2.30. The molecule has 1 amide bonds. The van der Waals surface area contributed by atoms with Gasteiger partial charge in [0.1, 0.15) is 11.6 Å². The maximum absolute atomic E-state index is 13.6. The van der Waals surface area contributed by atoms with E-state index in [0.29, 0.717) is 17.7 Å². The molecule has 4 rings (SSSR count). The molecule has 1 aliphatic rings. The minimum Gasteiger partial charge on any atom is -0.468 e. The summed E-state index contributed by atoms with van der Waals surface area (Å²) in [6, 6.07) is 13.3. The van der Waals surface area contributed by atoms with E-state index in [1.165, 1.54) is 42.7 Å². The summed E-state index contributed by atoms with van der Waals surface area (Å²) in [6.07, 6.45) is 2.16. The van der Waals surface area contributed by atoms with Crippen LogP contribution in [0.5, 0.6) is 0 Å². The Morgan fingerprint density at radius 1 is 1.17 bits per heavy atom. The molecule has 30 heavy (non-hydrogen) atoms. The van der Waals surface area contributed by atoms with E-state index < -0.39 is 10.0 Å². The molecule has 0 aliphatic carbocycles. The number of furan rings is 1. The second kappa shape index (κ2) is 8.63. The van der Waals surface area contributed by atoms with Gasteiger partial charge in [0.15, 0.2) is 0 Å². The number of hydrogen-bond donors (Lipinski definition) is 2. The van der Waals surface area contributed by atoms with Gasteiger partial charge in [-0.25, -0.2) is 17.5 Å². The Morgan fingerprint density at radius 3 is 2.70 bits per heavy atom. The van der Waals surface area contributed by atoms with Gasteiger partial charge in [0.05, 0.1) is 23.7 Å². The number of halogens is 1. The Bertz CT molecular complexity index is 1150. The zero-order valence-corrected chi connectivity index (χ0v) is 17.4. The van der Waals surface area contributed by atoms with Crippen molar-refractivity contribution in [3.63, 3.8) is 0 Å². The van der Waals surface area contributed by atoms with Gasteiger partial charge in [-0.3, -0.25) is 4.79 Å². The summed E-state index contributed by atoms with van der Waals surface area (Å²) < 4.78 is 46.0. The third-order valence-corrected chi connectivity index (χ3v) is 7.30. The number of fused-ring (bicyclic) bond motifs is 1. The predicted molar refractivity (Wildman–Crippen MR) is 111 cm³/mol. The minimum atomic E-state index is -3.74. The summed E-state index contributed by atoms with van der Waals surface area (Å²) in [6.45, 7) is 0.0350. The van der Waals surface area contributed by atoms with Crippen molar-refractivity contribution in [1.29, 1.82) is 0 Å². The van der Waals surface area contributed by atoms with Crippen molar-refractivity contribution in [1.82, 2.24) is 10.0 Å². The van der Waals surface area contributed by atoms with E-state index in [-0.39, 0.29) is 29.2 Å². The van der Waals surface area contributed by atoms with E-state index in [0.717, 1.165) is 16.2 Å². The molecule has 9 heteroatoms. The fraction of sp³-hybridized carbons (Fsp3) is 0.190. The van der Waals surface area contributed by atoms with Crippen LogP contribution in [0.2, 0.25) is 0 Å². The van der Waals surface area contributed by atoms with Crippen LogP contribution in [-0.2, 0) is 16.6 Å². The molecule has 3 aromatic rings. The normalized spacial score (nSPS) is 16.1. The van der Waals surface area contributed by atoms with E-state index in [4.69, 9.17) is 4.42 Å². The molecule has 2 heterocycles. The number of benzene rings is 2. The van der Waals surface area contributed by atoms with E-state index in [2.05, 4.69) is 10.0 Å². The SMILES string of the molecule is O=C(N[C@@H]1CCSc2ccc(F)cc21)c1ccc(S(=O)(=O)NCc2ccco2)cc1. The van der Waals surface area contributed by atoms with Crippen molar-refractivity contribution in [3.8, 4) is 0 Å². The van der Waals surface area contributed by atoms with Gasteiger partial charge in [-0.15, -0.1) is 11.8 Å². The molecule has 2 aromatic carbocycles. The highest BCUT2D eigenvalue weighted by molar-refractivity contribution is 7.99. The first-order valence-corrected chi connectivity index (χ1v) is 11.7. The van der Waals surface area contributed by atoms with E-state index >= 15 is 0 Å². The molecule has 0 fully saturated rings. The molecular formula is C21H19FN2O4S2. The fourth-order valence-corrected chi connectivity index (χ4v) is 5.30. The molecule has 1 aromatic heterocycles. The van der Waals surface area contributed by atoms with E-state index in [1.807, 2.05) is 0 Å². The van der Waals surface area contributed by atoms with E-state index in [9.17, 15) is 17.6 Å². The minimum absolute atomic E-state index is 0.0350. The second-order valence-electron chi connectivity index (χ2n) is 6.77. The van der Waals surface area contributed by atoms with Crippen molar-refractivity contribution in [2.45, 2.75) is 28.8 Å². The number of hydrogen-bond acceptors (Lipinski definition) is 5. The van der Waals surface area contributed by atoms with Gasteiger partial charge in [0.25, 0.3) is 5.91 Å². The van der Waals surface area contributed by atoms with Crippen LogP contribution >= 0.6 is 11.8 Å². The number of carbonyl (C=O) groups is 1. The Kier molecular flexibility index (Phi) is 5.94. The summed E-state index contributed by atoms with van der Waals surface area (Å²) in [7, 11) is -3.74. The zero-order chi connectivity index (χ0) is 21.1. The van der Waals surface area contributed by atoms with Crippen molar-refractivity contribution in [2.75, 3.05) is 5.75 Å². The van der Waals surface area contributed by atoms with Gasteiger partial charge >= 0.3 is 0 Å². The Labute approximate surface area is 177 Å². The van der Waals surface area contributed by atoms with Crippen molar-refractivity contribution < 1.29 is 22.0 Å². The third-order valence-electron chi connectivity index (χ3n) is 4.76. The van der Waals surface area contributed by atoms with Crippen molar-refractivity contribution in [3.05, 3.63) is 83.6 Å². The number of carbonyl (C=O) groups excluding carboxylic acids is 1. The lowest BCUT2D eigenvalue weighted by molar-refractivity contribution is 0.0934.